The van der Waals surface area contributed by atoms with Gasteiger partial charge in [-0.1, -0.05) is 30.4 Å². The van der Waals surface area contributed by atoms with Crippen LogP contribution in [0.4, 0.5) is 0 Å². The van der Waals surface area contributed by atoms with Crippen LogP contribution in [0, 0.1) is 11.3 Å². The van der Waals surface area contributed by atoms with Gasteiger partial charge >= 0.3 is 0 Å². The molecule has 0 N–H and O–H groups in total. The molecule has 2 nitrogen and oxygen atoms in total. The minimum atomic E-state index is 0.969. The van der Waals surface area contributed by atoms with Gasteiger partial charge in [-0.25, -0.2) is 0 Å². The van der Waals surface area contributed by atoms with E-state index in [1.165, 1.54) is 23.1 Å². The molecule has 1 heterocycles. The summed E-state index contributed by atoms with van der Waals surface area (Å²) in [5.41, 5.74) is 4.86. The lowest BCUT2D eigenvalue weighted by atomic mass is 9.91. The Morgan fingerprint density at radius 2 is 2.30 bits per heavy atom. The van der Waals surface area contributed by atoms with Gasteiger partial charge in [-0.05, 0) is 54.5 Å². The highest BCUT2D eigenvalue weighted by Gasteiger charge is 2.08. The third-order valence-corrected chi connectivity index (χ3v) is 3.27. The Labute approximate surface area is 120 Å². The van der Waals surface area contributed by atoms with Crippen LogP contribution < -0.4 is 0 Å². The van der Waals surface area contributed by atoms with Crippen LogP contribution in [0.2, 0.25) is 0 Å². The van der Waals surface area contributed by atoms with Gasteiger partial charge in [0, 0.05) is 18.5 Å². The van der Waals surface area contributed by atoms with E-state index >= 15 is 0 Å². The Morgan fingerprint density at radius 1 is 1.40 bits per heavy atom. The van der Waals surface area contributed by atoms with E-state index in [2.05, 4.69) is 23.2 Å². The number of allylic oxidation sites excluding steroid dienone is 8. The van der Waals surface area contributed by atoms with Gasteiger partial charge in [0.05, 0.1) is 6.07 Å². The van der Waals surface area contributed by atoms with Crippen molar-refractivity contribution < 1.29 is 0 Å². The largest absolute Gasteiger partial charge is 0.264 e. The number of nitrogens with zero attached hydrogens (tertiary/aromatic N) is 2. The van der Waals surface area contributed by atoms with Gasteiger partial charge in [-0.3, -0.25) is 4.98 Å². The highest BCUT2D eigenvalue weighted by atomic mass is 14.6. The van der Waals surface area contributed by atoms with Gasteiger partial charge in [0.15, 0.2) is 0 Å². The molecule has 2 heteroatoms. The van der Waals surface area contributed by atoms with Crippen LogP contribution in [0.25, 0.3) is 5.57 Å². The lowest BCUT2D eigenvalue weighted by Crippen LogP contribution is -1.94. The summed E-state index contributed by atoms with van der Waals surface area (Å²) in [6.07, 6.45) is 17.0. The van der Waals surface area contributed by atoms with Crippen molar-refractivity contribution in [3.8, 4) is 6.07 Å². The normalized spacial score (nSPS) is 18.1. The molecule has 0 atom stereocenters. The summed E-state index contributed by atoms with van der Waals surface area (Å²) in [6, 6.07) is 6.12. The van der Waals surface area contributed by atoms with Crippen molar-refractivity contribution in [3.63, 3.8) is 0 Å². The van der Waals surface area contributed by atoms with Crippen LogP contribution in [0.5, 0.6) is 0 Å². The number of aromatic nitrogens is 1. The highest BCUT2D eigenvalue weighted by molar-refractivity contribution is 5.68. The van der Waals surface area contributed by atoms with E-state index in [-0.39, 0.29) is 0 Å². The van der Waals surface area contributed by atoms with E-state index in [0.717, 1.165) is 18.4 Å². The average molecular weight is 262 g/mol. The molecule has 0 spiro atoms. The van der Waals surface area contributed by atoms with E-state index in [1.807, 2.05) is 37.4 Å². The Hall–Kier alpha value is -2.40. The second kappa shape index (κ2) is 7.25. The minimum absolute atomic E-state index is 0.969. The zero-order chi connectivity index (χ0) is 14.2. The van der Waals surface area contributed by atoms with Gasteiger partial charge in [0.25, 0.3) is 0 Å². The summed E-state index contributed by atoms with van der Waals surface area (Å²) >= 11 is 0. The molecule has 100 valence electrons. The molecule has 0 aliphatic heterocycles. The molecule has 1 aromatic rings. The van der Waals surface area contributed by atoms with Crippen molar-refractivity contribution in [2.24, 2.45) is 0 Å². The molecule has 0 saturated carbocycles. The standard InChI is InChI=1S/C18H18N2/c1-15(10-11-19)5-2-6-16-7-3-8-17(13-16)18-9-4-12-20-14-18/h2,4-6,9-10,12-14H,3,7-8H2,1H3/b5-2+,15-10+,16-6+. The van der Waals surface area contributed by atoms with E-state index < -0.39 is 0 Å². The predicted molar refractivity (Wildman–Crippen MR) is 82.7 cm³/mol. The predicted octanol–water partition coefficient (Wildman–Crippen LogP) is 4.60. The zero-order valence-corrected chi connectivity index (χ0v) is 11.7. The second-order valence-corrected chi connectivity index (χ2v) is 4.88. The van der Waals surface area contributed by atoms with Crippen molar-refractivity contribution in [1.29, 1.82) is 5.26 Å². The fourth-order valence-corrected chi connectivity index (χ4v) is 2.24. The van der Waals surface area contributed by atoms with Gasteiger partial charge in [0.1, 0.15) is 0 Å². The number of nitriles is 1. The molecule has 0 saturated heterocycles. The Bertz CT molecular complexity index is 611. The van der Waals surface area contributed by atoms with Gasteiger partial charge < -0.3 is 0 Å². The molecule has 0 aromatic carbocycles. The Balaban J connectivity index is 2.14. The average Bonchev–Trinajstić information content (AvgIpc) is 2.49. The number of hydrogen-bond donors (Lipinski definition) is 0. The maximum atomic E-state index is 8.55. The molecule has 1 aliphatic rings. The monoisotopic (exact) mass is 262 g/mol. The molecule has 1 aromatic heterocycles. The number of pyridine rings is 1. The maximum Gasteiger partial charge on any atom is 0.0914 e. The molecular formula is C18H18N2. The summed E-state index contributed by atoms with van der Waals surface area (Å²) in [5.74, 6) is 0. The summed E-state index contributed by atoms with van der Waals surface area (Å²) < 4.78 is 0. The molecule has 0 bridgehead atoms. The maximum absolute atomic E-state index is 8.55. The second-order valence-electron chi connectivity index (χ2n) is 4.88. The van der Waals surface area contributed by atoms with Gasteiger partial charge in [0.2, 0.25) is 0 Å². The van der Waals surface area contributed by atoms with Crippen molar-refractivity contribution in [3.05, 3.63) is 71.6 Å². The van der Waals surface area contributed by atoms with Gasteiger partial charge in [-0.15, -0.1) is 0 Å². The SMILES string of the molecule is CC(/C=C/C=C1/C=C(c2cccnc2)CCC1)=C\C#N. The van der Waals surface area contributed by atoms with Crippen molar-refractivity contribution in [1.82, 2.24) is 4.98 Å². The molecule has 0 unspecified atom stereocenters. The first-order valence-corrected chi connectivity index (χ1v) is 6.84. The van der Waals surface area contributed by atoms with E-state index in [1.54, 1.807) is 12.3 Å². The molecular weight excluding hydrogens is 244 g/mol. The lowest BCUT2D eigenvalue weighted by molar-refractivity contribution is 0.834. The van der Waals surface area contributed by atoms with Crippen LogP contribution >= 0.6 is 0 Å². The van der Waals surface area contributed by atoms with Crippen molar-refractivity contribution in [2.45, 2.75) is 26.2 Å². The van der Waals surface area contributed by atoms with E-state index in [4.69, 9.17) is 5.26 Å². The topological polar surface area (TPSA) is 36.7 Å². The summed E-state index contributed by atoms with van der Waals surface area (Å²) in [6.45, 7) is 1.93. The first-order valence-electron chi connectivity index (χ1n) is 6.84. The highest BCUT2D eigenvalue weighted by Crippen LogP contribution is 2.29. The minimum Gasteiger partial charge on any atom is -0.264 e. The summed E-state index contributed by atoms with van der Waals surface area (Å²) in [5, 5.41) is 8.55. The van der Waals surface area contributed by atoms with Crippen molar-refractivity contribution in [2.75, 3.05) is 0 Å². The molecule has 1 aliphatic carbocycles. The summed E-state index contributed by atoms with van der Waals surface area (Å²) in [4.78, 5) is 4.18. The smallest absolute Gasteiger partial charge is 0.0914 e. The third kappa shape index (κ3) is 4.07. The fraction of sp³-hybridized carbons (Fsp3) is 0.222. The van der Waals surface area contributed by atoms with Crippen LogP contribution in [0.3, 0.4) is 0 Å². The van der Waals surface area contributed by atoms with Crippen molar-refractivity contribution >= 4 is 5.57 Å². The Morgan fingerprint density at radius 3 is 3.05 bits per heavy atom. The van der Waals surface area contributed by atoms with Crippen LogP contribution in [0.15, 0.2) is 66.1 Å². The Kier molecular flexibility index (Phi) is 5.08. The molecule has 0 radical (unpaired) electrons. The fourth-order valence-electron chi connectivity index (χ4n) is 2.24. The van der Waals surface area contributed by atoms with Gasteiger partial charge in [-0.2, -0.15) is 5.26 Å². The number of hydrogen-bond acceptors (Lipinski definition) is 2. The van der Waals surface area contributed by atoms with Crippen LogP contribution in [-0.4, -0.2) is 4.98 Å². The lowest BCUT2D eigenvalue weighted by Gasteiger charge is -2.14. The van der Waals surface area contributed by atoms with E-state index in [0.29, 0.717) is 0 Å². The molecule has 2 rings (SSSR count). The molecule has 20 heavy (non-hydrogen) atoms. The molecule has 0 fully saturated rings. The quantitative estimate of drug-likeness (QED) is 0.589. The van der Waals surface area contributed by atoms with E-state index in [9.17, 15) is 0 Å². The first kappa shape index (κ1) is 14.0. The van der Waals surface area contributed by atoms with Crippen LogP contribution in [-0.2, 0) is 0 Å². The van der Waals surface area contributed by atoms with Crippen LogP contribution in [0.1, 0.15) is 31.7 Å². The molecule has 0 amide bonds. The first-order chi connectivity index (χ1) is 9.79. The summed E-state index contributed by atoms with van der Waals surface area (Å²) in [7, 11) is 0. The third-order valence-electron chi connectivity index (χ3n) is 3.27. The zero-order valence-electron chi connectivity index (χ0n) is 11.7. The number of rotatable bonds is 3.